The normalized spacial score (nSPS) is 13.1. The first-order valence-electron chi connectivity index (χ1n) is 6.16. The monoisotopic (exact) mass is 365 g/mol. The molecule has 3 heteroatoms. The Morgan fingerprint density at radius 1 is 1.29 bits per heavy atom. The molecule has 0 aromatic heterocycles. The molecule has 0 radical (unpaired) electrons. The molecule has 1 atom stereocenters. The molecule has 0 aliphatic carbocycles. The molecule has 0 aliphatic heterocycles. The topological polar surface area (TPSA) is 12.0 Å². The smallest absolute Gasteiger partial charge is 0.0410 e. The lowest BCUT2D eigenvalue weighted by atomic mass is 9.98. The Kier molecular flexibility index (Phi) is 6.82. The summed E-state index contributed by atoms with van der Waals surface area (Å²) in [6.07, 6.45) is 3.71. The Hall–Kier alpha value is 0.200. The fourth-order valence-corrected chi connectivity index (χ4v) is 2.86. The molecule has 17 heavy (non-hydrogen) atoms. The zero-order valence-corrected chi connectivity index (χ0v) is 13.7. The van der Waals surface area contributed by atoms with Gasteiger partial charge in [0.2, 0.25) is 0 Å². The molecule has 1 unspecified atom stereocenters. The highest BCUT2D eigenvalue weighted by atomic mass is 127. The van der Waals surface area contributed by atoms with E-state index in [1.165, 1.54) is 28.4 Å². The summed E-state index contributed by atoms with van der Waals surface area (Å²) in [5.74, 6) is 0.783. The lowest BCUT2D eigenvalue weighted by Crippen LogP contribution is -2.17. The average Bonchev–Trinajstić information content (AvgIpc) is 2.28. The second-order valence-electron chi connectivity index (χ2n) is 4.83. The maximum absolute atomic E-state index is 6.07. The Morgan fingerprint density at radius 3 is 2.59 bits per heavy atom. The van der Waals surface area contributed by atoms with Crippen LogP contribution in [0, 0.1) is 9.49 Å². The van der Waals surface area contributed by atoms with E-state index in [-0.39, 0.29) is 0 Å². The molecular weight excluding hydrogens is 345 g/mol. The fourth-order valence-electron chi connectivity index (χ4n) is 1.97. The van der Waals surface area contributed by atoms with Crippen molar-refractivity contribution >= 4 is 34.2 Å². The summed E-state index contributed by atoms with van der Waals surface area (Å²) in [4.78, 5) is 0. The van der Waals surface area contributed by atoms with Crippen LogP contribution < -0.4 is 5.32 Å². The number of hydrogen-bond donors (Lipinski definition) is 1. The third-order valence-corrected chi connectivity index (χ3v) is 4.17. The fraction of sp³-hybridized carbons (Fsp3) is 0.571. The van der Waals surface area contributed by atoms with Gasteiger partial charge in [-0.05, 0) is 65.7 Å². The summed E-state index contributed by atoms with van der Waals surface area (Å²) < 4.78 is 1.29. The van der Waals surface area contributed by atoms with Gasteiger partial charge in [0.15, 0.2) is 0 Å². The van der Waals surface area contributed by atoms with E-state index in [0.29, 0.717) is 6.04 Å². The van der Waals surface area contributed by atoms with Crippen LogP contribution in [0.25, 0.3) is 0 Å². The van der Waals surface area contributed by atoms with Crippen molar-refractivity contribution in [1.29, 1.82) is 0 Å². The molecular formula is C14H21ClIN. The first-order chi connectivity index (χ1) is 8.04. The largest absolute Gasteiger partial charge is 0.313 e. The van der Waals surface area contributed by atoms with E-state index in [1.807, 2.05) is 13.1 Å². The van der Waals surface area contributed by atoms with Crippen LogP contribution >= 0.6 is 34.2 Å². The number of hydrogen-bond acceptors (Lipinski definition) is 1. The molecule has 0 saturated carbocycles. The van der Waals surface area contributed by atoms with E-state index in [0.717, 1.165) is 10.9 Å². The SMILES string of the molecule is CNC(CCCC(C)C)c1cc(Cl)ccc1I. The Balaban J connectivity index is 2.68. The Morgan fingerprint density at radius 2 is 2.00 bits per heavy atom. The van der Waals surface area contributed by atoms with Crippen LogP contribution in [0.1, 0.15) is 44.7 Å². The van der Waals surface area contributed by atoms with Crippen LogP contribution in [-0.2, 0) is 0 Å². The highest BCUT2D eigenvalue weighted by Crippen LogP contribution is 2.27. The van der Waals surface area contributed by atoms with Gasteiger partial charge in [-0.1, -0.05) is 38.3 Å². The van der Waals surface area contributed by atoms with E-state index in [2.05, 4.69) is 53.9 Å². The second-order valence-corrected chi connectivity index (χ2v) is 6.43. The zero-order chi connectivity index (χ0) is 12.8. The minimum Gasteiger partial charge on any atom is -0.313 e. The maximum atomic E-state index is 6.07. The van der Waals surface area contributed by atoms with E-state index in [9.17, 15) is 0 Å². The van der Waals surface area contributed by atoms with Crippen molar-refractivity contribution in [2.75, 3.05) is 7.05 Å². The third-order valence-electron chi connectivity index (χ3n) is 2.96. The van der Waals surface area contributed by atoms with Gasteiger partial charge in [-0.3, -0.25) is 0 Å². The molecule has 0 heterocycles. The molecule has 0 amide bonds. The van der Waals surface area contributed by atoms with Crippen molar-refractivity contribution in [3.63, 3.8) is 0 Å². The van der Waals surface area contributed by atoms with Gasteiger partial charge in [-0.25, -0.2) is 0 Å². The van der Waals surface area contributed by atoms with Gasteiger partial charge in [0, 0.05) is 14.6 Å². The van der Waals surface area contributed by atoms with Crippen molar-refractivity contribution < 1.29 is 0 Å². The van der Waals surface area contributed by atoms with Crippen LogP contribution in [0.4, 0.5) is 0 Å². The van der Waals surface area contributed by atoms with E-state index < -0.39 is 0 Å². The maximum Gasteiger partial charge on any atom is 0.0410 e. The quantitative estimate of drug-likeness (QED) is 0.697. The van der Waals surface area contributed by atoms with Crippen LogP contribution in [0.5, 0.6) is 0 Å². The summed E-state index contributed by atoms with van der Waals surface area (Å²) in [6, 6.07) is 6.54. The highest BCUT2D eigenvalue weighted by Gasteiger charge is 2.13. The van der Waals surface area contributed by atoms with Gasteiger partial charge >= 0.3 is 0 Å². The summed E-state index contributed by atoms with van der Waals surface area (Å²) in [6.45, 7) is 4.55. The van der Waals surface area contributed by atoms with Gasteiger partial charge in [0.1, 0.15) is 0 Å². The molecule has 1 rings (SSSR count). The number of nitrogens with one attached hydrogen (secondary N) is 1. The summed E-state index contributed by atoms with van der Waals surface area (Å²) in [7, 11) is 2.02. The van der Waals surface area contributed by atoms with Crippen LogP contribution in [-0.4, -0.2) is 7.05 Å². The molecule has 1 nitrogen and oxygen atoms in total. The number of halogens is 2. The van der Waals surface area contributed by atoms with E-state index in [4.69, 9.17) is 11.6 Å². The first-order valence-corrected chi connectivity index (χ1v) is 7.62. The second kappa shape index (κ2) is 7.59. The number of rotatable bonds is 6. The van der Waals surface area contributed by atoms with Crippen molar-refractivity contribution in [1.82, 2.24) is 5.32 Å². The van der Waals surface area contributed by atoms with Gasteiger partial charge in [0.05, 0.1) is 0 Å². The van der Waals surface area contributed by atoms with Gasteiger partial charge in [-0.2, -0.15) is 0 Å². The Labute approximate surface area is 123 Å². The third kappa shape index (κ3) is 5.14. The predicted octanol–water partition coefficient (Wildman–Crippen LogP) is 5.03. The van der Waals surface area contributed by atoms with Gasteiger partial charge < -0.3 is 5.32 Å². The van der Waals surface area contributed by atoms with E-state index >= 15 is 0 Å². The molecule has 1 aromatic rings. The van der Waals surface area contributed by atoms with Crippen molar-refractivity contribution in [3.8, 4) is 0 Å². The highest BCUT2D eigenvalue weighted by molar-refractivity contribution is 14.1. The lowest BCUT2D eigenvalue weighted by Gasteiger charge is -2.19. The number of benzene rings is 1. The van der Waals surface area contributed by atoms with E-state index in [1.54, 1.807) is 0 Å². The minimum absolute atomic E-state index is 0.416. The van der Waals surface area contributed by atoms with Crippen molar-refractivity contribution in [2.45, 2.75) is 39.2 Å². The van der Waals surface area contributed by atoms with Gasteiger partial charge in [0.25, 0.3) is 0 Å². The molecule has 0 fully saturated rings. The predicted molar refractivity (Wildman–Crippen MR) is 84.7 cm³/mol. The molecule has 96 valence electrons. The first kappa shape index (κ1) is 15.3. The van der Waals surface area contributed by atoms with Crippen molar-refractivity contribution in [2.24, 2.45) is 5.92 Å². The van der Waals surface area contributed by atoms with Gasteiger partial charge in [-0.15, -0.1) is 0 Å². The average molecular weight is 366 g/mol. The van der Waals surface area contributed by atoms with Crippen LogP contribution in [0.15, 0.2) is 18.2 Å². The standard InChI is InChI=1S/C14H21ClIN/c1-10(2)5-4-6-14(17-3)12-9-11(15)7-8-13(12)16/h7-10,14,17H,4-6H2,1-3H3. The Bertz CT molecular complexity index is 352. The summed E-state index contributed by atoms with van der Waals surface area (Å²) >= 11 is 8.45. The molecule has 0 aliphatic rings. The van der Waals surface area contributed by atoms with Crippen molar-refractivity contribution in [3.05, 3.63) is 32.4 Å². The molecule has 0 bridgehead atoms. The molecule has 0 spiro atoms. The van der Waals surface area contributed by atoms with Crippen LogP contribution in [0.3, 0.4) is 0 Å². The minimum atomic E-state index is 0.416. The lowest BCUT2D eigenvalue weighted by molar-refractivity contribution is 0.469. The molecule has 0 saturated heterocycles. The molecule has 1 aromatic carbocycles. The summed E-state index contributed by atoms with van der Waals surface area (Å²) in [5, 5.41) is 4.22. The zero-order valence-electron chi connectivity index (χ0n) is 10.8. The van der Waals surface area contributed by atoms with Crippen LogP contribution in [0.2, 0.25) is 5.02 Å². The summed E-state index contributed by atoms with van der Waals surface area (Å²) in [5.41, 5.74) is 1.32. The molecule has 1 N–H and O–H groups in total.